The molecule has 0 saturated carbocycles. The second kappa shape index (κ2) is 14.4. The summed E-state index contributed by atoms with van der Waals surface area (Å²) in [6.45, 7) is 0. The average Bonchev–Trinajstić information content (AvgIpc) is 3.63. The van der Waals surface area contributed by atoms with Crippen LogP contribution < -0.4 is 0 Å². The highest BCUT2D eigenvalue weighted by molar-refractivity contribution is 5.94. The van der Waals surface area contributed by atoms with Gasteiger partial charge in [0.05, 0.1) is 16.6 Å². The van der Waals surface area contributed by atoms with Crippen LogP contribution in [0.4, 0.5) is 0 Å². The number of fused-ring (bicyclic) bond motifs is 4. The minimum absolute atomic E-state index is 0.411. The van der Waals surface area contributed by atoms with Crippen molar-refractivity contribution in [2.24, 2.45) is 0 Å². The summed E-state index contributed by atoms with van der Waals surface area (Å²) >= 11 is 0. The molecule has 1 aliphatic rings. The van der Waals surface area contributed by atoms with Crippen LogP contribution in [0.15, 0.2) is 231 Å². The van der Waals surface area contributed by atoms with E-state index in [1.807, 2.05) is 12.1 Å². The number of para-hydroxylation sites is 1. The highest BCUT2D eigenvalue weighted by Gasteiger charge is 2.45. The summed E-state index contributed by atoms with van der Waals surface area (Å²) < 4.78 is 0. The number of rotatable bonds is 7. The minimum atomic E-state index is -0.411. The van der Waals surface area contributed by atoms with E-state index in [1.54, 1.807) is 0 Å². The predicted molar refractivity (Wildman–Crippen MR) is 244 cm³/mol. The molecule has 0 fully saturated rings. The zero-order chi connectivity index (χ0) is 39.2. The fourth-order valence-electron chi connectivity index (χ4n) is 9.22. The van der Waals surface area contributed by atoms with Gasteiger partial charge in [-0.15, -0.1) is 0 Å². The summed E-state index contributed by atoms with van der Waals surface area (Å²) in [4.78, 5) is 10.3. The molecule has 2 heteroatoms. The molecule has 1 aromatic heterocycles. The maximum absolute atomic E-state index is 5.23. The Morgan fingerprint density at radius 1 is 0.288 bits per heavy atom. The third-order valence-corrected chi connectivity index (χ3v) is 12.0. The number of aromatic nitrogens is 2. The molecule has 11 rings (SSSR count). The van der Waals surface area contributed by atoms with Crippen molar-refractivity contribution in [3.8, 4) is 67.2 Å². The largest absolute Gasteiger partial charge is 0.228 e. The summed E-state index contributed by atoms with van der Waals surface area (Å²) in [7, 11) is 0. The summed E-state index contributed by atoms with van der Waals surface area (Å²) in [5, 5.41) is 1.03. The third-order valence-electron chi connectivity index (χ3n) is 12.0. The van der Waals surface area contributed by atoms with Gasteiger partial charge in [-0.2, -0.15) is 0 Å². The van der Waals surface area contributed by atoms with Crippen LogP contribution in [0, 0.1) is 0 Å². The van der Waals surface area contributed by atoms with Gasteiger partial charge in [0.15, 0.2) is 5.82 Å². The van der Waals surface area contributed by atoms with Gasteiger partial charge < -0.3 is 0 Å². The summed E-state index contributed by atoms with van der Waals surface area (Å²) in [6, 6.07) is 83.0. The van der Waals surface area contributed by atoms with Crippen LogP contribution in [0.1, 0.15) is 22.3 Å². The molecule has 276 valence electrons. The lowest BCUT2D eigenvalue weighted by molar-refractivity contribution is 0.768. The molecule has 0 saturated heterocycles. The minimum Gasteiger partial charge on any atom is -0.228 e. The molecule has 0 spiro atoms. The topological polar surface area (TPSA) is 25.8 Å². The lowest BCUT2D eigenvalue weighted by Crippen LogP contribution is -2.28. The molecule has 0 atom stereocenters. The maximum atomic E-state index is 5.23. The van der Waals surface area contributed by atoms with Crippen LogP contribution in [-0.2, 0) is 5.41 Å². The van der Waals surface area contributed by atoms with Gasteiger partial charge >= 0.3 is 0 Å². The van der Waals surface area contributed by atoms with Crippen LogP contribution in [0.25, 0.3) is 78.1 Å². The third kappa shape index (κ3) is 5.88. The first-order valence-corrected chi connectivity index (χ1v) is 20.2. The molecule has 10 aromatic rings. The van der Waals surface area contributed by atoms with Crippen molar-refractivity contribution in [2.45, 2.75) is 5.41 Å². The molecule has 0 unspecified atom stereocenters. The Bertz CT molecular complexity index is 3090. The number of nitrogens with zero attached hydrogens (tertiary/aromatic N) is 2. The molecule has 1 aliphatic carbocycles. The molecule has 0 aliphatic heterocycles. The van der Waals surface area contributed by atoms with E-state index in [9.17, 15) is 0 Å². The lowest BCUT2D eigenvalue weighted by Gasteiger charge is -2.34. The SMILES string of the molecule is c1ccc(-c2ccc(-c3nc(-c4cccc(-c5cccc(-c6ccc(C7(c8ccccc8)c8ccccc8-c8ccccc87)cc6)c5)c4)c4ccccc4n3)cc2)cc1. The van der Waals surface area contributed by atoms with Gasteiger partial charge in [-0.05, 0) is 85.0 Å². The molecule has 2 nitrogen and oxygen atoms in total. The van der Waals surface area contributed by atoms with Gasteiger partial charge in [0.2, 0.25) is 0 Å². The van der Waals surface area contributed by atoms with E-state index in [2.05, 4.69) is 218 Å². The maximum Gasteiger partial charge on any atom is 0.160 e. The Morgan fingerprint density at radius 2 is 0.729 bits per heavy atom. The van der Waals surface area contributed by atoms with Crippen LogP contribution >= 0.6 is 0 Å². The number of benzene rings is 9. The van der Waals surface area contributed by atoms with Crippen molar-refractivity contribution in [3.63, 3.8) is 0 Å². The van der Waals surface area contributed by atoms with Crippen molar-refractivity contribution in [2.75, 3.05) is 0 Å². The van der Waals surface area contributed by atoms with Crippen LogP contribution in [-0.4, -0.2) is 9.97 Å². The molecule has 9 aromatic carbocycles. The normalized spacial score (nSPS) is 12.5. The summed E-state index contributed by atoms with van der Waals surface area (Å²) in [6.07, 6.45) is 0. The van der Waals surface area contributed by atoms with Gasteiger partial charge in [-0.1, -0.05) is 212 Å². The Morgan fingerprint density at radius 3 is 1.41 bits per heavy atom. The van der Waals surface area contributed by atoms with E-state index in [-0.39, 0.29) is 0 Å². The first kappa shape index (κ1) is 34.6. The highest BCUT2D eigenvalue weighted by Crippen LogP contribution is 2.56. The molecule has 1 heterocycles. The zero-order valence-electron chi connectivity index (χ0n) is 32.3. The van der Waals surface area contributed by atoms with E-state index < -0.39 is 5.41 Å². The van der Waals surface area contributed by atoms with Gasteiger partial charge in [-0.25, -0.2) is 9.97 Å². The molecule has 0 amide bonds. The van der Waals surface area contributed by atoms with Gasteiger partial charge in [-0.3, -0.25) is 0 Å². The van der Waals surface area contributed by atoms with E-state index in [1.165, 1.54) is 55.6 Å². The Labute approximate surface area is 344 Å². The quantitative estimate of drug-likeness (QED) is 0.162. The zero-order valence-corrected chi connectivity index (χ0v) is 32.3. The molecular weight excluding hydrogens is 713 g/mol. The molecule has 0 radical (unpaired) electrons. The standard InChI is InChI=1S/C57H38N2/c1-3-15-39(16-4-1)40-29-31-42(32-30-40)56-58-54-28-12-9-25-51(54)55(59-56)46-20-14-19-45(38-46)44-18-13-17-43(37-44)41-33-35-48(36-34-41)57(47-21-5-2-6-22-47)52-26-10-7-23-49(52)50-24-8-11-27-53(50)57/h1-38H. The number of hydrogen-bond donors (Lipinski definition) is 0. The van der Waals surface area contributed by atoms with Crippen LogP contribution in [0.5, 0.6) is 0 Å². The summed E-state index contributed by atoms with van der Waals surface area (Å²) in [5.74, 6) is 0.716. The first-order chi connectivity index (χ1) is 29.2. The smallest absolute Gasteiger partial charge is 0.160 e. The predicted octanol–water partition coefficient (Wildman–Crippen LogP) is 14.3. The van der Waals surface area contributed by atoms with Crippen molar-refractivity contribution >= 4 is 10.9 Å². The monoisotopic (exact) mass is 750 g/mol. The van der Waals surface area contributed by atoms with E-state index >= 15 is 0 Å². The fraction of sp³-hybridized carbons (Fsp3) is 0.0175. The Hall–Kier alpha value is -7.68. The van der Waals surface area contributed by atoms with E-state index in [4.69, 9.17) is 9.97 Å². The second-order valence-corrected chi connectivity index (χ2v) is 15.3. The summed E-state index contributed by atoms with van der Waals surface area (Å²) in [5.41, 5.74) is 18.3. The van der Waals surface area contributed by atoms with E-state index in [0.717, 1.165) is 38.9 Å². The van der Waals surface area contributed by atoms with Crippen molar-refractivity contribution in [1.82, 2.24) is 9.97 Å². The van der Waals surface area contributed by atoms with Gasteiger partial charge in [0.1, 0.15) is 0 Å². The van der Waals surface area contributed by atoms with Gasteiger partial charge in [0, 0.05) is 16.5 Å². The first-order valence-electron chi connectivity index (χ1n) is 20.2. The van der Waals surface area contributed by atoms with Crippen molar-refractivity contribution in [3.05, 3.63) is 253 Å². The average molecular weight is 751 g/mol. The molecule has 59 heavy (non-hydrogen) atoms. The Balaban J connectivity index is 0.953. The van der Waals surface area contributed by atoms with Crippen molar-refractivity contribution < 1.29 is 0 Å². The van der Waals surface area contributed by atoms with Gasteiger partial charge in [0.25, 0.3) is 0 Å². The molecule has 0 N–H and O–H groups in total. The lowest BCUT2D eigenvalue weighted by atomic mass is 9.67. The molecule has 0 bridgehead atoms. The second-order valence-electron chi connectivity index (χ2n) is 15.3. The van der Waals surface area contributed by atoms with Crippen LogP contribution in [0.2, 0.25) is 0 Å². The van der Waals surface area contributed by atoms with Crippen LogP contribution in [0.3, 0.4) is 0 Å². The number of hydrogen-bond acceptors (Lipinski definition) is 2. The fourth-order valence-corrected chi connectivity index (χ4v) is 9.22. The molecular formula is C57H38N2. The van der Waals surface area contributed by atoms with Crippen molar-refractivity contribution in [1.29, 1.82) is 0 Å². The highest BCUT2D eigenvalue weighted by atomic mass is 14.9. The van der Waals surface area contributed by atoms with E-state index in [0.29, 0.717) is 5.82 Å². The Kier molecular flexibility index (Phi) is 8.41.